The van der Waals surface area contributed by atoms with Crippen LogP contribution in [-0.2, 0) is 4.79 Å². The molecule has 0 aliphatic heterocycles. The van der Waals surface area contributed by atoms with Crippen molar-refractivity contribution in [3.63, 3.8) is 0 Å². The molecular formula is C17H17N3O2. The number of hydrogen-bond donors (Lipinski definition) is 3. The summed E-state index contributed by atoms with van der Waals surface area (Å²) in [5.74, 6) is -0.294. The molecule has 112 valence electrons. The number of nitrogens with one attached hydrogen (secondary N) is 3. The monoisotopic (exact) mass is 295 g/mol. The fraction of sp³-hybridized carbons (Fsp3) is 0.0588. The van der Waals surface area contributed by atoms with E-state index < -0.39 is 0 Å². The molecule has 0 heterocycles. The summed E-state index contributed by atoms with van der Waals surface area (Å²) in [6.07, 6.45) is 0. The molecule has 2 rings (SSSR count). The lowest BCUT2D eigenvalue weighted by Crippen LogP contribution is -2.21. The quantitative estimate of drug-likeness (QED) is 0.750. The molecule has 0 unspecified atom stereocenters. The summed E-state index contributed by atoms with van der Waals surface area (Å²) in [5, 5.41) is 8.12. The minimum atomic E-state index is -0.386. The highest BCUT2D eigenvalue weighted by Gasteiger charge is 2.09. The Balaban J connectivity index is 2.07. The third-order valence-electron chi connectivity index (χ3n) is 2.84. The van der Waals surface area contributed by atoms with Crippen molar-refractivity contribution in [2.75, 3.05) is 16.0 Å². The summed E-state index contributed by atoms with van der Waals surface area (Å²) in [6.45, 7) is 5.20. The van der Waals surface area contributed by atoms with Gasteiger partial charge in [0.1, 0.15) is 0 Å². The molecule has 5 nitrogen and oxygen atoms in total. The first-order valence-corrected chi connectivity index (χ1v) is 6.75. The number of anilines is 3. The van der Waals surface area contributed by atoms with Crippen LogP contribution in [0.15, 0.2) is 66.7 Å². The maximum atomic E-state index is 12.0. The number of carbonyl (C=O) groups excluding carboxylic acids is 2. The number of urea groups is 1. The molecule has 0 saturated carbocycles. The van der Waals surface area contributed by atoms with Crippen molar-refractivity contribution in [1.82, 2.24) is 0 Å². The van der Waals surface area contributed by atoms with E-state index in [4.69, 9.17) is 0 Å². The Labute approximate surface area is 129 Å². The smallest absolute Gasteiger partial charge is 0.320 e. The van der Waals surface area contributed by atoms with Crippen LogP contribution in [0.1, 0.15) is 6.92 Å². The largest absolute Gasteiger partial charge is 0.323 e. The van der Waals surface area contributed by atoms with Gasteiger partial charge in [-0.2, -0.15) is 0 Å². The summed E-state index contributed by atoms with van der Waals surface area (Å²) in [4.78, 5) is 23.7. The first-order chi connectivity index (χ1) is 10.6. The third kappa shape index (κ3) is 4.21. The van der Waals surface area contributed by atoms with E-state index in [1.54, 1.807) is 43.3 Å². The lowest BCUT2D eigenvalue weighted by Gasteiger charge is -2.13. The van der Waals surface area contributed by atoms with E-state index in [1.807, 2.05) is 18.2 Å². The Bertz CT molecular complexity index is 696. The Morgan fingerprint density at radius 2 is 1.36 bits per heavy atom. The van der Waals surface area contributed by atoms with Gasteiger partial charge in [-0.15, -0.1) is 0 Å². The topological polar surface area (TPSA) is 70.2 Å². The molecule has 3 amide bonds. The maximum Gasteiger partial charge on any atom is 0.323 e. The van der Waals surface area contributed by atoms with E-state index in [2.05, 4.69) is 22.5 Å². The van der Waals surface area contributed by atoms with Crippen molar-refractivity contribution >= 4 is 29.0 Å². The van der Waals surface area contributed by atoms with Crippen LogP contribution in [0.2, 0.25) is 0 Å². The molecule has 0 saturated heterocycles. The molecule has 2 aromatic carbocycles. The highest BCUT2D eigenvalue weighted by Crippen LogP contribution is 2.21. The fourth-order valence-electron chi connectivity index (χ4n) is 1.74. The van der Waals surface area contributed by atoms with E-state index in [0.29, 0.717) is 22.6 Å². The Kier molecular flexibility index (Phi) is 4.93. The molecule has 0 aromatic heterocycles. The summed E-state index contributed by atoms with van der Waals surface area (Å²) in [5.41, 5.74) is 2.09. The van der Waals surface area contributed by atoms with Gasteiger partial charge in [0.15, 0.2) is 0 Å². The fourth-order valence-corrected chi connectivity index (χ4v) is 1.74. The Morgan fingerprint density at radius 1 is 0.818 bits per heavy atom. The van der Waals surface area contributed by atoms with E-state index in [9.17, 15) is 9.59 Å². The lowest BCUT2D eigenvalue weighted by molar-refractivity contribution is -0.112. The van der Waals surface area contributed by atoms with Crippen LogP contribution in [0.25, 0.3) is 0 Å². The van der Waals surface area contributed by atoms with Gasteiger partial charge < -0.3 is 16.0 Å². The van der Waals surface area contributed by atoms with Gasteiger partial charge in [0, 0.05) is 11.3 Å². The molecule has 0 bridgehead atoms. The zero-order valence-corrected chi connectivity index (χ0v) is 12.2. The van der Waals surface area contributed by atoms with Crippen molar-refractivity contribution < 1.29 is 9.59 Å². The lowest BCUT2D eigenvalue weighted by atomic mass is 10.2. The molecule has 0 radical (unpaired) electrons. The number of hydrogen-bond acceptors (Lipinski definition) is 2. The van der Waals surface area contributed by atoms with E-state index >= 15 is 0 Å². The normalized spacial score (nSPS) is 9.68. The number of carbonyl (C=O) groups is 2. The van der Waals surface area contributed by atoms with E-state index in [0.717, 1.165) is 0 Å². The van der Waals surface area contributed by atoms with Gasteiger partial charge in [0.2, 0.25) is 0 Å². The van der Waals surface area contributed by atoms with Gasteiger partial charge >= 0.3 is 6.03 Å². The summed E-state index contributed by atoms with van der Waals surface area (Å²) in [6, 6.07) is 15.7. The average Bonchev–Trinajstić information content (AvgIpc) is 2.50. The van der Waals surface area contributed by atoms with Gasteiger partial charge in [-0.1, -0.05) is 36.9 Å². The van der Waals surface area contributed by atoms with Crippen LogP contribution < -0.4 is 16.0 Å². The van der Waals surface area contributed by atoms with Gasteiger partial charge in [-0.25, -0.2) is 4.79 Å². The second kappa shape index (κ2) is 7.08. The Hall–Kier alpha value is -3.08. The first kappa shape index (κ1) is 15.3. The average molecular weight is 295 g/mol. The predicted octanol–water partition coefficient (Wildman–Crippen LogP) is 3.85. The maximum absolute atomic E-state index is 12.0. The minimum absolute atomic E-state index is 0.294. The Morgan fingerprint density at radius 3 is 1.95 bits per heavy atom. The second-order valence-electron chi connectivity index (χ2n) is 4.73. The van der Waals surface area contributed by atoms with Gasteiger partial charge in [0.05, 0.1) is 11.4 Å². The van der Waals surface area contributed by atoms with Crippen LogP contribution >= 0.6 is 0 Å². The van der Waals surface area contributed by atoms with Crippen LogP contribution in [-0.4, -0.2) is 11.9 Å². The third-order valence-corrected chi connectivity index (χ3v) is 2.84. The molecule has 2 aromatic rings. The zero-order chi connectivity index (χ0) is 15.9. The second-order valence-corrected chi connectivity index (χ2v) is 4.73. The van der Waals surface area contributed by atoms with Crippen LogP contribution in [0.3, 0.4) is 0 Å². The van der Waals surface area contributed by atoms with Crippen LogP contribution in [0.5, 0.6) is 0 Å². The van der Waals surface area contributed by atoms with Crippen molar-refractivity contribution in [2.45, 2.75) is 6.92 Å². The van der Waals surface area contributed by atoms with Crippen LogP contribution in [0.4, 0.5) is 21.9 Å². The number of benzene rings is 2. The predicted molar refractivity (Wildman–Crippen MR) is 89.0 cm³/mol. The van der Waals surface area contributed by atoms with Crippen molar-refractivity contribution in [3.05, 3.63) is 66.7 Å². The first-order valence-electron chi connectivity index (χ1n) is 6.75. The molecule has 5 heteroatoms. The summed E-state index contributed by atoms with van der Waals surface area (Å²) >= 11 is 0. The van der Waals surface area contributed by atoms with Crippen molar-refractivity contribution in [2.24, 2.45) is 0 Å². The van der Waals surface area contributed by atoms with Crippen LogP contribution in [0, 0.1) is 0 Å². The van der Waals surface area contributed by atoms with Crippen molar-refractivity contribution in [1.29, 1.82) is 0 Å². The van der Waals surface area contributed by atoms with E-state index in [1.165, 1.54) is 0 Å². The molecule has 0 fully saturated rings. The summed E-state index contributed by atoms with van der Waals surface area (Å²) < 4.78 is 0. The standard InChI is InChI=1S/C17H17N3O2/c1-12(2)16(21)19-14-10-6-7-11-15(14)20-17(22)18-13-8-4-3-5-9-13/h3-11H,1H2,2H3,(H,19,21)(H2,18,20,22). The van der Waals surface area contributed by atoms with Gasteiger partial charge in [-0.3, -0.25) is 4.79 Å². The SMILES string of the molecule is C=C(C)C(=O)Nc1ccccc1NC(=O)Nc1ccccc1. The molecule has 0 spiro atoms. The molecule has 0 aliphatic rings. The van der Waals surface area contributed by atoms with Gasteiger partial charge in [-0.05, 0) is 31.2 Å². The number of rotatable bonds is 4. The highest BCUT2D eigenvalue weighted by atomic mass is 16.2. The summed E-state index contributed by atoms with van der Waals surface area (Å²) in [7, 11) is 0. The minimum Gasteiger partial charge on any atom is -0.320 e. The molecule has 22 heavy (non-hydrogen) atoms. The molecule has 0 aliphatic carbocycles. The zero-order valence-electron chi connectivity index (χ0n) is 12.2. The van der Waals surface area contributed by atoms with Crippen molar-refractivity contribution in [3.8, 4) is 0 Å². The number of para-hydroxylation sites is 3. The number of amides is 3. The molecule has 0 atom stereocenters. The molecular weight excluding hydrogens is 278 g/mol. The highest BCUT2D eigenvalue weighted by molar-refractivity contribution is 6.07. The van der Waals surface area contributed by atoms with E-state index in [-0.39, 0.29) is 11.9 Å². The molecule has 3 N–H and O–H groups in total. The van der Waals surface area contributed by atoms with Gasteiger partial charge in [0.25, 0.3) is 5.91 Å².